The molecule has 0 N–H and O–H groups in total. The first-order chi connectivity index (χ1) is 12.2. The number of benzene rings is 1. The van der Waals surface area contributed by atoms with E-state index >= 15 is 0 Å². The van der Waals surface area contributed by atoms with Crippen molar-refractivity contribution >= 4 is 0 Å². The number of nitrogens with zero attached hydrogens (tertiary/aromatic N) is 8. The molecule has 0 aliphatic carbocycles. The van der Waals surface area contributed by atoms with Crippen LogP contribution in [0.15, 0.2) is 30.9 Å². The molecule has 0 saturated carbocycles. The SMILES string of the molecule is Cc1ccc(F)c(-n2nnnc2CN2CCC[C@H]2Cn2cncn2)c1. The zero-order valence-electron chi connectivity index (χ0n) is 14.0. The van der Waals surface area contributed by atoms with E-state index in [1.165, 1.54) is 10.7 Å². The Labute approximate surface area is 144 Å². The van der Waals surface area contributed by atoms with Crippen molar-refractivity contribution in [1.29, 1.82) is 0 Å². The van der Waals surface area contributed by atoms with Crippen LogP contribution in [0.25, 0.3) is 5.69 Å². The van der Waals surface area contributed by atoms with Gasteiger partial charge < -0.3 is 0 Å². The van der Waals surface area contributed by atoms with Crippen LogP contribution >= 0.6 is 0 Å². The van der Waals surface area contributed by atoms with Gasteiger partial charge in [-0.15, -0.1) is 5.10 Å². The van der Waals surface area contributed by atoms with Crippen molar-refractivity contribution < 1.29 is 4.39 Å². The third-order valence-corrected chi connectivity index (χ3v) is 4.57. The molecule has 1 saturated heterocycles. The van der Waals surface area contributed by atoms with Gasteiger partial charge in [0.05, 0.1) is 13.1 Å². The average molecular weight is 342 g/mol. The lowest BCUT2D eigenvalue weighted by atomic mass is 10.2. The van der Waals surface area contributed by atoms with E-state index in [0.29, 0.717) is 24.1 Å². The minimum Gasteiger partial charge on any atom is -0.291 e. The normalized spacial score (nSPS) is 18.1. The first-order valence-electron chi connectivity index (χ1n) is 8.31. The van der Waals surface area contributed by atoms with Crippen molar-refractivity contribution in [2.75, 3.05) is 6.54 Å². The molecule has 4 rings (SSSR count). The van der Waals surface area contributed by atoms with Crippen LogP contribution < -0.4 is 0 Å². The highest BCUT2D eigenvalue weighted by Crippen LogP contribution is 2.22. The summed E-state index contributed by atoms with van der Waals surface area (Å²) in [4.78, 5) is 6.31. The molecule has 2 aromatic heterocycles. The number of tetrazole rings is 1. The van der Waals surface area contributed by atoms with Gasteiger partial charge in [0.25, 0.3) is 0 Å². The maximum atomic E-state index is 14.2. The highest BCUT2D eigenvalue weighted by Gasteiger charge is 2.27. The number of rotatable bonds is 5. The molecule has 1 aliphatic rings. The second-order valence-electron chi connectivity index (χ2n) is 6.35. The molecule has 8 nitrogen and oxygen atoms in total. The van der Waals surface area contributed by atoms with Gasteiger partial charge in [-0.2, -0.15) is 9.78 Å². The Bertz CT molecular complexity index is 844. The third kappa shape index (κ3) is 3.27. The Balaban J connectivity index is 1.55. The summed E-state index contributed by atoms with van der Waals surface area (Å²) in [5.41, 5.74) is 1.34. The summed E-state index contributed by atoms with van der Waals surface area (Å²) in [6.45, 7) is 4.23. The molecule has 0 amide bonds. The van der Waals surface area contributed by atoms with E-state index in [0.717, 1.165) is 31.5 Å². The number of halogens is 1. The number of hydrogen-bond donors (Lipinski definition) is 0. The summed E-state index contributed by atoms with van der Waals surface area (Å²) < 4.78 is 17.5. The molecule has 1 atom stereocenters. The van der Waals surface area contributed by atoms with Crippen LogP contribution in [0.2, 0.25) is 0 Å². The van der Waals surface area contributed by atoms with E-state index in [-0.39, 0.29) is 5.82 Å². The summed E-state index contributed by atoms with van der Waals surface area (Å²) in [5.74, 6) is 0.301. The zero-order chi connectivity index (χ0) is 17.2. The summed E-state index contributed by atoms with van der Waals surface area (Å²) in [5, 5.41) is 16.0. The molecule has 3 aromatic rings. The van der Waals surface area contributed by atoms with Gasteiger partial charge in [-0.05, 0) is 54.4 Å². The van der Waals surface area contributed by atoms with Crippen LogP contribution in [0.5, 0.6) is 0 Å². The second kappa shape index (κ2) is 6.67. The van der Waals surface area contributed by atoms with Crippen molar-refractivity contribution in [3.8, 4) is 5.69 Å². The molecule has 3 heterocycles. The van der Waals surface area contributed by atoms with Gasteiger partial charge in [0.2, 0.25) is 0 Å². The Morgan fingerprint density at radius 3 is 3.08 bits per heavy atom. The monoisotopic (exact) mass is 342 g/mol. The van der Waals surface area contributed by atoms with Gasteiger partial charge in [0.1, 0.15) is 24.2 Å². The average Bonchev–Trinajstić information content (AvgIpc) is 3.34. The van der Waals surface area contributed by atoms with Gasteiger partial charge in [-0.3, -0.25) is 9.58 Å². The van der Waals surface area contributed by atoms with Gasteiger partial charge in [0, 0.05) is 6.04 Å². The smallest absolute Gasteiger partial charge is 0.170 e. The predicted molar refractivity (Wildman–Crippen MR) is 87.3 cm³/mol. The maximum absolute atomic E-state index is 14.2. The van der Waals surface area contributed by atoms with E-state index in [1.54, 1.807) is 24.8 Å². The second-order valence-corrected chi connectivity index (χ2v) is 6.35. The quantitative estimate of drug-likeness (QED) is 0.697. The van der Waals surface area contributed by atoms with E-state index in [2.05, 4.69) is 30.5 Å². The van der Waals surface area contributed by atoms with E-state index in [4.69, 9.17) is 0 Å². The fourth-order valence-corrected chi connectivity index (χ4v) is 3.31. The summed E-state index contributed by atoms with van der Waals surface area (Å²) in [6.07, 6.45) is 5.46. The molecule has 0 unspecified atom stereocenters. The van der Waals surface area contributed by atoms with Crippen LogP contribution in [-0.4, -0.2) is 52.5 Å². The van der Waals surface area contributed by atoms with Crippen molar-refractivity contribution in [1.82, 2.24) is 39.9 Å². The minimum atomic E-state index is -0.334. The van der Waals surface area contributed by atoms with Crippen LogP contribution in [0, 0.1) is 12.7 Å². The first kappa shape index (κ1) is 15.8. The Morgan fingerprint density at radius 1 is 1.32 bits per heavy atom. The van der Waals surface area contributed by atoms with Crippen LogP contribution in [0.3, 0.4) is 0 Å². The molecule has 0 radical (unpaired) electrons. The molecule has 130 valence electrons. The van der Waals surface area contributed by atoms with Crippen LogP contribution in [0.4, 0.5) is 4.39 Å². The molecule has 1 aliphatic heterocycles. The third-order valence-electron chi connectivity index (χ3n) is 4.57. The van der Waals surface area contributed by atoms with Crippen molar-refractivity contribution in [3.63, 3.8) is 0 Å². The Hall–Kier alpha value is -2.68. The van der Waals surface area contributed by atoms with Gasteiger partial charge in [0.15, 0.2) is 5.82 Å². The molecule has 9 heteroatoms. The first-order valence-corrected chi connectivity index (χ1v) is 8.31. The highest BCUT2D eigenvalue weighted by atomic mass is 19.1. The lowest BCUT2D eigenvalue weighted by Gasteiger charge is -2.23. The molecular formula is C16H19FN8. The topological polar surface area (TPSA) is 77.5 Å². The van der Waals surface area contributed by atoms with Gasteiger partial charge in [-0.25, -0.2) is 9.37 Å². The zero-order valence-corrected chi connectivity index (χ0v) is 14.0. The van der Waals surface area contributed by atoms with E-state index < -0.39 is 0 Å². The van der Waals surface area contributed by atoms with Crippen LogP contribution in [0.1, 0.15) is 24.2 Å². The molecule has 25 heavy (non-hydrogen) atoms. The summed E-state index contributed by atoms with van der Waals surface area (Å²) in [6, 6.07) is 5.28. The lowest BCUT2D eigenvalue weighted by Crippen LogP contribution is -2.33. The van der Waals surface area contributed by atoms with Crippen molar-refractivity contribution in [2.24, 2.45) is 0 Å². The minimum absolute atomic E-state index is 0.334. The molecular weight excluding hydrogens is 323 g/mol. The van der Waals surface area contributed by atoms with Gasteiger partial charge in [-0.1, -0.05) is 6.07 Å². The molecule has 0 spiro atoms. The number of aromatic nitrogens is 7. The highest BCUT2D eigenvalue weighted by molar-refractivity contribution is 5.36. The summed E-state index contributed by atoms with van der Waals surface area (Å²) in [7, 11) is 0. The Morgan fingerprint density at radius 2 is 2.24 bits per heavy atom. The maximum Gasteiger partial charge on any atom is 0.170 e. The predicted octanol–water partition coefficient (Wildman–Crippen LogP) is 1.37. The fraction of sp³-hybridized carbons (Fsp3) is 0.438. The number of likely N-dealkylation sites (tertiary alicyclic amines) is 1. The van der Waals surface area contributed by atoms with E-state index in [9.17, 15) is 4.39 Å². The van der Waals surface area contributed by atoms with Crippen LogP contribution in [-0.2, 0) is 13.1 Å². The number of aryl methyl sites for hydroxylation is 1. The largest absolute Gasteiger partial charge is 0.291 e. The van der Waals surface area contributed by atoms with Crippen molar-refractivity contribution in [3.05, 3.63) is 48.1 Å². The summed E-state index contributed by atoms with van der Waals surface area (Å²) >= 11 is 0. The molecule has 1 aromatic carbocycles. The molecule has 1 fully saturated rings. The standard InChI is InChI=1S/C16H19FN8/c1-12-4-5-14(17)15(7-12)25-16(20-21-22-25)9-23-6-2-3-13(23)8-24-11-18-10-19-24/h4-5,7,10-11,13H,2-3,6,8-9H2,1H3/t13-/m0/s1. The Kier molecular flexibility index (Phi) is 4.22. The number of hydrogen-bond acceptors (Lipinski definition) is 6. The van der Waals surface area contributed by atoms with Gasteiger partial charge >= 0.3 is 0 Å². The van der Waals surface area contributed by atoms with E-state index in [1.807, 2.05) is 11.6 Å². The fourth-order valence-electron chi connectivity index (χ4n) is 3.31. The lowest BCUT2D eigenvalue weighted by molar-refractivity contribution is 0.212. The molecule has 0 bridgehead atoms. The van der Waals surface area contributed by atoms with Crippen molar-refractivity contribution in [2.45, 2.75) is 38.9 Å².